The summed E-state index contributed by atoms with van der Waals surface area (Å²) >= 11 is 5.89. The molecule has 0 aliphatic carbocycles. The van der Waals surface area contributed by atoms with Gasteiger partial charge in [0.1, 0.15) is 0 Å². The molecular weight excluding hydrogens is 272 g/mol. The van der Waals surface area contributed by atoms with Crippen LogP contribution in [0, 0.1) is 0 Å². The van der Waals surface area contributed by atoms with E-state index in [2.05, 4.69) is 17.6 Å². The summed E-state index contributed by atoms with van der Waals surface area (Å²) in [5, 5.41) is 7.26. The highest BCUT2D eigenvalue weighted by Gasteiger charge is 2.40. The molecule has 1 aromatic rings. The molecule has 1 saturated heterocycles. The van der Waals surface area contributed by atoms with E-state index in [-0.39, 0.29) is 17.5 Å². The predicted molar refractivity (Wildman–Crippen MR) is 82.9 cm³/mol. The molecule has 1 aliphatic rings. The zero-order valence-electron chi connectivity index (χ0n) is 12.2. The summed E-state index contributed by atoms with van der Waals surface area (Å²) in [7, 11) is 0. The number of hydrogen-bond acceptors (Lipinski definition) is 2. The summed E-state index contributed by atoms with van der Waals surface area (Å²) in [6.45, 7) is 5.07. The summed E-state index contributed by atoms with van der Waals surface area (Å²) in [6, 6.07) is 7.63. The Balaban J connectivity index is 2.04. The molecule has 0 bridgehead atoms. The molecule has 0 saturated carbocycles. The Labute approximate surface area is 126 Å². The first-order valence-corrected chi connectivity index (χ1v) is 7.76. The second-order valence-corrected chi connectivity index (χ2v) is 6.05. The van der Waals surface area contributed by atoms with Gasteiger partial charge in [-0.05, 0) is 50.4 Å². The number of rotatable bonds is 5. The lowest BCUT2D eigenvalue weighted by atomic mass is 9.90. The molecule has 2 rings (SSSR count). The summed E-state index contributed by atoms with van der Waals surface area (Å²) in [5.74, 6) is 0.124. The molecule has 0 spiro atoms. The maximum absolute atomic E-state index is 12.6. The fourth-order valence-electron chi connectivity index (χ4n) is 2.92. The monoisotopic (exact) mass is 294 g/mol. The minimum Gasteiger partial charge on any atom is -0.348 e. The third-order valence-corrected chi connectivity index (χ3v) is 4.32. The van der Waals surface area contributed by atoms with E-state index in [9.17, 15) is 4.79 Å². The van der Waals surface area contributed by atoms with E-state index in [0.29, 0.717) is 5.02 Å². The number of amides is 1. The van der Waals surface area contributed by atoms with Crippen LogP contribution in [0.15, 0.2) is 24.3 Å². The van der Waals surface area contributed by atoms with E-state index in [0.717, 1.165) is 37.8 Å². The lowest BCUT2D eigenvalue weighted by Crippen LogP contribution is -2.53. The fourth-order valence-corrected chi connectivity index (χ4v) is 3.05. The molecule has 3 nitrogen and oxygen atoms in total. The molecule has 1 aliphatic heterocycles. The van der Waals surface area contributed by atoms with Crippen molar-refractivity contribution in [3.05, 3.63) is 34.9 Å². The molecular formula is C16H23ClN2O. The van der Waals surface area contributed by atoms with Crippen molar-refractivity contribution in [2.75, 3.05) is 6.54 Å². The molecule has 1 unspecified atom stereocenters. The zero-order valence-corrected chi connectivity index (χ0v) is 13.0. The first kappa shape index (κ1) is 15.3. The Hall–Kier alpha value is -1.06. The van der Waals surface area contributed by atoms with Crippen LogP contribution in [0.25, 0.3) is 0 Å². The molecule has 2 N–H and O–H groups in total. The van der Waals surface area contributed by atoms with Crippen LogP contribution in [-0.4, -0.2) is 18.0 Å². The van der Waals surface area contributed by atoms with Crippen molar-refractivity contribution in [3.63, 3.8) is 0 Å². The maximum Gasteiger partial charge on any atom is 0.240 e. The molecule has 0 aromatic heterocycles. The van der Waals surface area contributed by atoms with Crippen LogP contribution in [0.2, 0.25) is 5.02 Å². The van der Waals surface area contributed by atoms with Crippen molar-refractivity contribution >= 4 is 17.5 Å². The number of carbonyl (C=O) groups excluding carboxylic acids is 1. The molecule has 1 aromatic carbocycles. The van der Waals surface area contributed by atoms with Gasteiger partial charge in [0.25, 0.3) is 0 Å². The minimum absolute atomic E-state index is 0.00380. The molecule has 1 fully saturated rings. The highest BCUT2D eigenvalue weighted by molar-refractivity contribution is 6.30. The van der Waals surface area contributed by atoms with Crippen LogP contribution in [0.3, 0.4) is 0 Å². The predicted octanol–water partition coefficient (Wildman–Crippen LogP) is 3.44. The van der Waals surface area contributed by atoms with Gasteiger partial charge in [-0.1, -0.05) is 37.1 Å². The van der Waals surface area contributed by atoms with Crippen molar-refractivity contribution in [2.45, 2.75) is 51.1 Å². The van der Waals surface area contributed by atoms with Crippen LogP contribution in [-0.2, 0) is 4.79 Å². The molecule has 1 amide bonds. The lowest BCUT2D eigenvalue weighted by Gasteiger charge is -2.29. The Morgan fingerprint density at radius 1 is 1.45 bits per heavy atom. The van der Waals surface area contributed by atoms with Crippen LogP contribution in [0.5, 0.6) is 0 Å². The Morgan fingerprint density at radius 2 is 2.15 bits per heavy atom. The first-order chi connectivity index (χ1) is 9.57. The van der Waals surface area contributed by atoms with Crippen LogP contribution in [0.1, 0.15) is 51.1 Å². The molecule has 0 radical (unpaired) electrons. The van der Waals surface area contributed by atoms with Gasteiger partial charge in [0.15, 0.2) is 0 Å². The normalized spacial score (nSPS) is 23.6. The standard InChI is InChI=1S/C16H23ClN2O/c1-3-9-16(10-4-11-18-16)15(20)19-12(2)13-5-7-14(17)8-6-13/h5-8,12,18H,3-4,9-11H2,1-2H3,(H,19,20)/t12-,16?/m0/s1. The van der Waals surface area contributed by atoms with E-state index in [1.165, 1.54) is 0 Å². The average Bonchev–Trinajstić information content (AvgIpc) is 2.89. The highest BCUT2D eigenvalue weighted by atomic mass is 35.5. The minimum atomic E-state index is -0.366. The summed E-state index contributed by atoms with van der Waals surface area (Å²) < 4.78 is 0. The van der Waals surface area contributed by atoms with Crippen LogP contribution in [0.4, 0.5) is 0 Å². The van der Waals surface area contributed by atoms with Gasteiger partial charge >= 0.3 is 0 Å². The van der Waals surface area contributed by atoms with Gasteiger partial charge in [0, 0.05) is 5.02 Å². The smallest absolute Gasteiger partial charge is 0.240 e. The van der Waals surface area contributed by atoms with Gasteiger partial charge in [0.2, 0.25) is 5.91 Å². The largest absolute Gasteiger partial charge is 0.348 e. The van der Waals surface area contributed by atoms with Gasteiger partial charge < -0.3 is 10.6 Å². The summed E-state index contributed by atoms with van der Waals surface area (Å²) in [5.41, 5.74) is 0.711. The maximum atomic E-state index is 12.6. The summed E-state index contributed by atoms with van der Waals surface area (Å²) in [4.78, 5) is 12.6. The number of nitrogens with one attached hydrogen (secondary N) is 2. The third kappa shape index (κ3) is 3.33. The van der Waals surface area contributed by atoms with E-state index < -0.39 is 0 Å². The van der Waals surface area contributed by atoms with Gasteiger partial charge in [-0.2, -0.15) is 0 Å². The first-order valence-electron chi connectivity index (χ1n) is 7.39. The lowest BCUT2D eigenvalue weighted by molar-refractivity contribution is -0.128. The fraction of sp³-hybridized carbons (Fsp3) is 0.562. The topological polar surface area (TPSA) is 41.1 Å². The third-order valence-electron chi connectivity index (χ3n) is 4.07. The molecule has 1 heterocycles. The van der Waals surface area contributed by atoms with Gasteiger partial charge in [-0.25, -0.2) is 0 Å². The van der Waals surface area contributed by atoms with Crippen molar-refractivity contribution in [1.29, 1.82) is 0 Å². The number of halogens is 1. The molecule has 110 valence electrons. The zero-order chi connectivity index (χ0) is 14.6. The van der Waals surface area contributed by atoms with E-state index >= 15 is 0 Å². The molecule has 20 heavy (non-hydrogen) atoms. The van der Waals surface area contributed by atoms with Gasteiger partial charge in [-0.3, -0.25) is 4.79 Å². The van der Waals surface area contributed by atoms with Gasteiger partial charge in [0.05, 0.1) is 11.6 Å². The van der Waals surface area contributed by atoms with E-state index in [4.69, 9.17) is 11.6 Å². The van der Waals surface area contributed by atoms with Crippen LogP contribution < -0.4 is 10.6 Å². The Kier molecular flexibility index (Phi) is 5.06. The second-order valence-electron chi connectivity index (χ2n) is 5.61. The van der Waals surface area contributed by atoms with Crippen molar-refractivity contribution in [1.82, 2.24) is 10.6 Å². The number of benzene rings is 1. The van der Waals surface area contributed by atoms with Crippen molar-refractivity contribution in [2.24, 2.45) is 0 Å². The van der Waals surface area contributed by atoms with Gasteiger partial charge in [-0.15, -0.1) is 0 Å². The Morgan fingerprint density at radius 3 is 2.70 bits per heavy atom. The second kappa shape index (κ2) is 6.59. The quantitative estimate of drug-likeness (QED) is 0.873. The number of hydrogen-bond donors (Lipinski definition) is 2. The summed E-state index contributed by atoms with van der Waals surface area (Å²) in [6.07, 6.45) is 3.91. The molecule has 4 heteroatoms. The van der Waals surface area contributed by atoms with Crippen molar-refractivity contribution in [3.8, 4) is 0 Å². The van der Waals surface area contributed by atoms with Crippen LogP contribution >= 0.6 is 11.6 Å². The van der Waals surface area contributed by atoms with E-state index in [1.54, 1.807) is 0 Å². The SMILES string of the molecule is CCCC1(C(=O)N[C@@H](C)c2ccc(Cl)cc2)CCCN1. The Bertz CT molecular complexity index is 452. The highest BCUT2D eigenvalue weighted by Crippen LogP contribution is 2.26. The van der Waals surface area contributed by atoms with E-state index in [1.807, 2.05) is 31.2 Å². The molecule has 2 atom stereocenters. The average molecular weight is 295 g/mol. The number of carbonyl (C=O) groups is 1. The van der Waals surface area contributed by atoms with Crippen molar-refractivity contribution < 1.29 is 4.79 Å².